The number of fused-ring (bicyclic) bond motifs is 3. The van der Waals surface area contributed by atoms with Crippen molar-refractivity contribution in [1.29, 1.82) is 0 Å². The molecule has 32 nitrogen and oxygen atoms in total. The molecule has 3 amide bonds. The number of esters is 2. The van der Waals surface area contributed by atoms with E-state index in [-0.39, 0.29) is 184 Å². The van der Waals surface area contributed by atoms with Crippen molar-refractivity contribution in [3.8, 4) is 67.9 Å². The first-order valence-corrected chi connectivity index (χ1v) is 42.9. The molecule has 3 saturated heterocycles. The summed E-state index contributed by atoms with van der Waals surface area (Å²) in [6.45, 7) is 6.09. The van der Waals surface area contributed by atoms with Crippen LogP contribution in [-0.4, -0.2) is 232 Å². The highest BCUT2D eigenvalue weighted by Crippen LogP contribution is 2.47. The molecule has 15 rings (SSSR count). The van der Waals surface area contributed by atoms with Crippen LogP contribution < -0.4 is 75.7 Å². The number of hydrogen-bond acceptors (Lipinski definition) is 26. The number of ether oxygens (including phenoxy) is 11. The summed E-state index contributed by atoms with van der Waals surface area (Å²) < 4.78 is 262. The van der Waals surface area contributed by atoms with Crippen LogP contribution in [0.4, 0.5) is 78.5 Å². The second kappa shape index (κ2) is 42.4. The van der Waals surface area contributed by atoms with Crippen molar-refractivity contribution in [3.63, 3.8) is 0 Å². The summed E-state index contributed by atoms with van der Waals surface area (Å²) in [5, 5.41) is 7.13. The van der Waals surface area contributed by atoms with E-state index >= 15 is 22.0 Å². The van der Waals surface area contributed by atoms with Gasteiger partial charge in [-0.3, -0.25) is 47.3 Å². The standard InChI is InChI=1S/C31H31F5N4O6.C31H32F4N4O7.C30H29F5N4O7/c1-4-24(41)23(11-17-5-6-19(28-27(17)45-9-10-46-28)20-14-37-16(2)39(3)30(20)43)38-29(42)26-21(32)12-18(13-22(26)33)40-7-8-44-15-25(40)31(34,35)36;1-16-11-19(39-7-8-44-15-24(39)31(33,34)35)13-22(32)25(16)28(40)37-23(30(42)43-4)12-18-5-6-20(27-26(18)45-9-10-46-27)21-14-36-17(2)38(3)29(21)41;1-15-36-13-19(28(41)38(15)2)18-5-4-16(25-26(18)46-9-8-45-25)10-22(29(42)43-3)37-27(40)24-20(31)11-17(12-21(24)32)39-6-7-44-14-23(39)30(33,34)35/h5-6,12-14,23,25H,4,7-11,15H2,1-3H3,(H,38,42);5-6,11,13-14,23-24H,7-10,12,15H2,1-4H3,(H,37,40);4-5,11-13,22-23H,6-10,14H2,1-3H3,(H,37,40)/t23-,25+;23-,24+;22-,23+/m000/s1. The topological polar surface area (TPSA) is 354 Å². The number of alkyl halides is 9. The highest BCUT2D eigenvalue weighted by atomic mass is 19.4. The van der Waals surface area contributed by atoms with E-state index in [1.165, 1.54) is 45.3 Å². The zero-order valence-electron chi connectivity index (χ0n) is 75.5. The van der Waals surface area contributed by atoms with Crippen LogP contribution in [0.1, 0.15) is 84.1 Å². The molecule has 9 aromatic rings. The van der Waals surface area contributed by atoms with Gasteiger partial charge in [-0.05, 0) is 87.9 Å². The lowest BCUT2D eigenvalue weighted by molar-refractivity contribution is -0.167. The predicted molar refractivity (Wildman–Crippen MR) is 464 cm³/mol. The van der Waals surface area contributed by atoms with Crippen molar-refractivity contribution in [2.45, 2.75) is 115 Å². The maximum absolute atomic E-state index is 15.4. The molecule has 3 fully saturated rings. The molecule has 6 aliphatic rings. The molecule has 0 bridgehead atoms. The summed E-state index contributed by atoms with van der Waals surface area (Å²) in [5.41, 5.74) is -1.20. The van der Waals surface area contributed by atoms with Crippen LogP contribution in [0, 0.1) is 56.8 Å². The molecule has 6 atom stereocenters. The fourth-order valence-corrected chi connectivity index (χ4v) is 16.3. The number of aryl methyl sites for hydroxylation is 4. The Morgan fingerprint density at radius 2 is 0.659 bits per heavy atom. The first kappa shape index (κ1) is 102. The Kier molecular flexibility index (Phi) is 31.2. The third-order valence-corrected chi connectivity index (χ3v) is 23.8. The monoisotopic (exact) mass is 1950 g/mol. The Morgan fingerprint density at radius 3 is 0.942 bits per heavy atom. The summed E-state index contributed by atoms with van der Waals surface area (Å²) in [7, 11) is 6.92. The molecule has 138 heavy (non-hydrogen) atoms. The summed E-state index contributed by atoms with van der Waals surface area (Å²) in [6, 6.07) is 3.94. The number of ketones is 1. The molecule has 0 spiro atoms. The number of hydrogen-bond donors (Lipinski definition) is 3. The molecule has 3 aromatic heterocycles. The number of Topliss-reactive ketones (excluding diaryl/α,β-unsaturated/α-hetero) is 1. The summed E-state index contributed by atoms with van der Waals surface area (Å²) >= 11 is 0. The Bertz CT molecular complexity index is 5710. The van der Waals surface area contributed by atoms with Gasteiger partial charge in [0.1, 0.15) is 128 Å². The van der Waals surface area contributed by atoms with Gasteiger partial charge < -0.3 is 82.8 Å². The molecule has 0 aliphatic carbocycles. The lowest BCUT2D eigenvalue weighted by Gasteiger charge is -2.38. The number of carbonyl (C=O) groups excluding carboxylic acids is 6. The number of halogens is 14. The van der Waals surface area contributed by atoms with E-state index in [2.05, 4.69) is 30.9 Å². The number of nitrogens with zero attached hydrogens (tertiary/aromatic N) is 9. The largest absolute Gasteiger partial charge is 0.486 e. The fraction of sp³-hybridized carbons (Fsp3) is 0.413. The zero-order valence-corrected chi connectivity index (χ0v) is 75.5. The number of aromatic nitrogens is 6. The summed E-state index contributed by atoms with van der Waals surface area (Å²) in [6.07, 6.45) is -10.5. The van der Waals surface area contributed by atoms with Crippen molar-refractivity contribution >= 4 is 52.5 Å². The van der Waals surface area contributed by atoms with Crippen LogP contribution in [0.3, 0.4) is 0 Å². The average Bonchev–Trinajstić information content (AvgIpc) is 0.774. The second-order valence-corrected chi connectivity index (χ2v) is 32.4. The average molecular weight is 1950 g/mol. The first-order chi connectivity index (χ1) is 65.4. The van der Waals surface area contributed by atoms with E-state index in [1.54, 1.807) is 85.2 Å². The third-order valence-electron chi connectivity index (χ3n) is 23.8. The van der Waals surface area contributed by atoms with Crippen molar-refractivity contribution in [1.82, 2.24) is 44.6 Å². The molecular formula is C92H92F14N12O20. The van der Waals surface area contributed by atoms with Gasteiger partial charge in [0.15, 0.2) is 40.3 Å². The lowest BCUT2D eigenvalue weighted by Crippen LogP contribution is -2.53. The molecule has 6 aliphatic heterocycles. The molecule has 46 heteroatoms. The molecule has 0 saturated carbocycles. The molecule has 9 heterocycles. The van der Waals surface area contributed by atoms with Crippen LogP contribution in [0.2, 0.25) is 0 Å². The number of amides is 3. The van der Waals surface area contributed by atoms with E-state index in [0.717, 1.165) is 35.0 Å². The lowest BCUT2D eigenvalue weighted by atomic mass is 9.96. The van der Waals surface area contributed by atoms with Gasteiger partial charge in [0.2, 0.25) is 0 Å². The van der Waals surface area contributed by atoms with Gasteiger partial charge >= 0.3 is 30.5 Å². The number of morpholine rings is 3. The normalized spacial score (nSPS) is 17.0. The molecule has 3 N–H and O–H groups in total. The van der Waals surface area contributed by atoms with Crippen LogP contribution in [0.5, 0.6) is 34.5 Å². The minimum Gasteiger partial charge on any atom is -0.486 e. The third kappa shape index (κ3) is 21.9. The molecular weight excluding hydrogens is 1860 g/mol. The van der Waals surface area contributed by atoms with Gasteiger partial charge in [0, 0.05) is 135 Å². The minimum atomic E-state index is -4.74. The Balaban J connectivity index is 0.000000175. The highest BCUT2D eigenvalue weighted by Gasteiger charge is 2.49. The number of carbonyl (C=O) groups is 6. The van der Waals surface area contributed by atoms with Crippen molar-refractivity contribution in [2.24, 2.45) is 21.1 Å². The maximum atomic E-state index is 15.4. The Morgan fingerprint density at radius 1 is 0.391 bits per heavy atom. The van der Waals surface area contributed by atoms with E-state index in [1.807, 2.05) is 0 Å². The van der Waals surface area contributed by atoms with Crippen LogP contribution in [0.15, 0.2) is 106 Å². The quantitative estimate of drug-likeness (QED) is 0.0419. The van der Waals surface area contributed by atoms with Gasteiger partial charge in [-0.1, -0.05) is 25.1 Å². The Labute approximate surface area is 776 Å². The number of methoxy groups -OCH3 is 2. The van der Waals surface area contributed by atoms with E-state index in [9.17, 15) is 82.7 Å². The van der Waals surface area contributed by atoms with Gasteiger partial charge in [0.25, 0.3) is 34.4 Å². The number of anilines is 3. The van der Waals surface area contributed by atoms with Crippen LogP contribution >= 0.6 is 0 Å². The molecule has 0 unspecified atom stereocenters. The second-order valence-electron chi connectivity index (χ2n) is 32.4. The molecule has 738 valence electrons. The van der Waals surface area contributed by atoms with Gasteiger partial charge in [0.05, 0.1) is 82.2 Å². The Hall–Kier alpha value is -13.9. The maximum Gasteiger partial charge on any atom is 0.411 e. The van der Waals surface area contributed by atoms with Crippen molar-refractivity contribution < 1.29 is 142 Å². The number of benzene rings is 6. The molecule has 6 aromatic carbocycles. The highest BCUT2D eigenvalue weighted by molar-refractivity contribution is 6.01. The van der Waals surface area contributed by atoms with Crippen LogP contribution in [0.25, 0.3) is 33.4 Å². The van der Waals surface area contributed by atoms with Gasteiger partial charge in [-0.25, -0.2) is 46.5 Å². The predicted octanol–water partition coefficient (Wildman–Crippen LogP) is 10.2. The smallest absolute Gasteiger partial charge is 0.411 e. The van der Waals surface area contributed by atoms with E-state index < -0.39 is 167 Å². The van der Waals surface area contributed by atoms with Crippen molar-refractivity contribution in [2.75, 3.05) is 128 Å². The summed E-state index contributed by atoms with van der Waals surface area (Å²) in [5.74, 6) is -9.66. The van der Waals surface area contributed by atoms with Gasteiger partial charge in [-0.2, -0.15) is 39.5 Å². The fourth-order valence-electron chi connectivity index (χ4n) is 16.3. The molecule has 0 radical (unpaired) electrons. The van der Waals surface area contributed by atoms with Gasteiger partial charge in [-0.15, -0.1) is 0 Å². The van der Waals surface area contributed by atoms with Crippen LogP contribution in [-0.2, 0) is 78.5 Å². The number of rotatable bonds is 22. The SMILES string of the molecule is CCC(=O)[C@H](Cc1ccc(-c2cnc(C)n(C)c2=O)c2c1OCCO2)NC(=O)c1c(F)cc(N2CCOC[C@@H]2C(F)(F)F)cc1F.COC(=O)[C@H](Cc1ccc(-c2cnc(C)n(C)c2=O)c2c1OCCO2)NC(=O)c1c(C)cc(N2CCOC[C@@H]2C(F)(F)F)cc1F.COC(=O)[C@H](Cc1ccc(-c2cnc(C)n(C)c2=O)c2c1OCCO2)NC(=O)c1c(F)cc(N2CCOC[C@@H]2C(F)(F)F)cc1F. The van der Waals surface area contributed by atoms with E-state index in [4.69, 9.17) is 52.1 Å². The van der Waals surface area contributed by atoms with E-state index in [0.29, 0.717) is 75.1 Å². The summed E-state index contributed by atoms with van der Waals surface area (Å²) in [4.78, 5) is 132. The van der Waals surface area contributed by atoms with Crippen molar-refractivity contribution in [3.05, 3.63) is 208 Å². The minimum absolute atomic E-state index is 0.0221. The first-order valence-electron chi connectivity index (χ1n) is 42.9. The number of nitrogens with one attached hydrogen (secondary N) is 3. The zero-order chi connectivity index (χ0) is 100.